The van der Waals surface area contributed by atoms with Crippen LogP contribution in [0.3, 0.4) is 0 Å². The Kier molecular flexibility index (Phi) is 6.63. The van der Waals surface area contributed by atoms with Gasteiger partial charge in [0.25, 0.3) is 0 Å². The van der Waals surface area contributed by atoms with Crippen LogP contribution in [0.5, 0.6) is 0 Å². The fourth-order valence-corrected chi connectivity index (χ4v) is 2.81. The highest BCUT2D eigenvalue weighted by atomic mass is 16.5. The summed E-state index contributed by atoms with van der Waals surface area (Å²) in [5, 5.41) is 2.78. The number of aryl methyl sites for hydroxylation is 1. The van der Waals surface area contributed by atoms with Gasteiger partial charge in [-0.25, -0.2) is 14.6 Å². The SMILES string of the molecule is COC(=O)c1nc([C@H](Cc2ccccc2)NC(=O)OCc2ccccc2)oc1C. The molecule has 0 saturated heterocycles. The summed E-state index contributed by atoms with van der Waals surface area (Å²) in [5.74, 6) is -0.0598. The van der Waals surface area contributed by atoms with Crippen LogP contribution in [0.15, 0.2) is 65.1 Å². The molecule has 0 aliphatic rings. The summed E-state index contributed by atoms with van der Waals surface area (Å²) >= 11 is 0. The van der Waals surface area contributed by atoms with Crippen molar-refractivity contribution in [2.24, 2.45) is 0 Å². The molecule has 3 aromatic rings. The van der Waals surface area contributed by atoms with Gasteiger partial charge in [-0.3, -0.25) is 0 Å². The topological polar surface area (TPSA) is 90.7 Å². The molecule has 0 unspecified atom stereocenters. The van der Waals surface area contributed by atoms with Crippen LogP contribution >= 0.6 is 0 Å². The molecule has 7 heteroatoms. The lowest BCUT2D eigenvalue weighted by Gasteiger charge is -2.16. The predicted molar refractivity (Wildman–Crippen MR) is 105 cm³/mol. The number of esters is 1. The van der Waals surface area contributed by atoms with Gasteiger partial charge < -0.3 is 19.2 Å². The molecule has 1 N–H and O–H groups in total. The van der Waals surface area contributed by atoms with Gasteiger partial charge in [0.15, 0.2) is 5.69 Å². The Morgan fingerprint density at radius 3 is 2.28 bits per heavy atom. The number of alkyl carbamates (subject to hydrolysis) is 1. The van der Waals surface area contributed by atoms with E-state index in [1.165, 1.54) is 7.11 Å². The number of methoxy groups -OCH3 is 1. The summed E-state index contributed by atoms with van der Waals surface area (Å²) in [5.41, 5.74) is 1.93. The lowest BCUT2D eigenvalue weighted by atomic mass is 10.1. The summed E-state index contributed by atoms with van der Waals surface area (Å²) in [6.45, 7) is 1.76. The predicted octanol–water partition coefficient (Wildman–Crippen LogP) is 3.98. The zero-order valence-corrected chi connectivity index (χ0v) is 16.3. The molecule has 7 nitrogen and oxygen atoms in total. The molecule has 0 radical (unpaired) electrons. The van der Waals surface area contributed by atoms with Crippen LogP contribution in [0, 0.1) is 6.92 Å². The van der Waals surface area contributed by atoms with Gasteiger partial charge in [-0.1, -0.05) is 60.7 Å². The van der Waals surface area contributed by atoms with E-state index in [0.29, 0.717) is 12.2 Å². The molecule has 150 valence electrons. The molecule has 1 aromatic heterocycles. The van der Waals surface area contributed by atoms with Gasteiger partial charge in [0.05, 0.1) is 7.11 Å². The molecule has 29 heavy (non-hydrogen) atoms. The Bertz CT molecular complexity index is 954. The van der Waals surface area contributed by atoms with Gasteiger partial charge in [-0.05, 0) is 18.1 Å². The Morgan fingerprint density at radius 2 is 1.66 bits per heavy atom. The van der Waals surface area contributed by atoms with Gasteiger partial charge >= 0.3 is 12.1 Å². The first-order chi connectivity index (χ1) is 14.1. The quantitative estimate of drug-likeness (QED) is 0.610. The lowest BCUT2D eigenvalue weighted by molar-refractivity contribution is 0.0592. The first kappa shape index (κ1) is 20.1. The molecule has 0 aliphatic carbocycles. The molecule has 0 fully saturated rings. The van der Waals surface area contributed by atoms with Crippen molar-refractivity contribution in [2.75, 3.05) is 7.11 Å². The van der Waals surface area contributed by atoms with E-state index in [0.717, 1.165) is 11.1 Å². The Balaban J connectivity index is 1.76. The van der Waals surface area contributed by atoms with Gasteiger partial charge in [-0.15, -0.1) is 0 Å². The van der Waals surface area contributed by atoms with Gasteiger partial charge in [-0.2, -0.15) is 0 Å². The molecule has 0 saturated carbocycles. The van der Waals surface area contributed by atoms with Crippen LogP contribution < -0.4 is 5.32 Å². The normalized spacial score (nSPS) is 11.5. The van der Waals surface area contributed by atoms with Crippen molar-refractivity contribution in [1.29, 1.82) is 0 Å². The van der Waals surface area contributed by atoms with Crippen molar-refractivity contribution in [3.05, 3.63) is 89.1 Å². The molecule has 1 amide bonds. The number of amides is 1. The van der Waals surface area contributed by atoms with E-state index in [1.807, 2.05) is 60.7 Å². The minimum Gasteiger partial charge on any atom is -0.464 e. The number of hydrogen-bond acceptors (Lipinski definition) is 6. The van der Waals surface area contributed by atoms with E-state index in [2.05, 4.69) is 10.3 Å². The molecule has 0 bridgehead atoms. The van der Waals surface area contributed by atoms with Crippen LogP contribution in [0.2, 0.25) is 0 Å². The first-order valence-electron chi connectivity index (χ1n) is 9.13. The number of aromatic nitrogens is 1. The smallest absolute Gasteiger partial charge is 0.408 e. The number of oxazole rings is 1. The number of carbonyl (C=O) groups is 2. The van der Waals surface area contributed by atoms with Crippen molar-refractivity contribution < 1.29 is 23.5 Å². The fourth-order valence-electron chi connectivity index (χ4n) is 2.81. The third-order valence-electron chi connectivity index (χ3n) is 4.28. The third kappa shape index (κ3) is 5.44. The highest BCUT2D eigenvalue weighted by Crippen LogP contribution is 2.22. The van der Waals surface area contributed by atoms with Crippen molar-refractivity contribution in [3.8, 4) is 0 Å². The van der Waals surface area contributed by atoms with Crippen molar-refractivity contribution in [3.63, 3.8) is 0 Å². The zero-order valence-electron chi connectivity index (χ0n) is 16.3. The van der Waals surface area contributed by atoms with Crippen LogP contribution in [0.1, 0.15) is 39.3 Å². The fraction of sp³-hybridized carbons (Fsp3) is 0.227. The summed E-state index contributed by atoms with van der Waals surface area (Å²) < 4.78 is 15.7. The van der Waals surface area contributed by atoms with E-state index in [4.69, 9.17) is 13.9 Å². The number of ether oxygens (including phenoxy) is 2. The number of nitrogens with zero attached hydrogens (tertiary/aromatic N) is 1. The number of rotatable bonds is 7. The summed E-state index contributed by atoms with van der Waals surface area (Å²) in [7, 11) is 1.27. The van der Waals surface area contributed by atoms with Crippen LogP contribution in [0.4, 0.5) is 4.79 Å². The van der Waals surface area contributed by atoms with E-state index in [-0.39, 0.29) is 18.2 Å². The van der Waals surface area contributed by atoms with Gasteiger partial charge in [0.1, 0.15) is 18.4 Å². The van der Waals surface area contributed by atoms with Crippen LogP contribution in [-0.4, -0.2) is 24.2 Å². The maximum absolute atomic E-state index is 12.4. The summed E-state index contributed by atoms with van der Waals surface area (Å²) in [6, 6.07) is 18.3. The molecule has 1 atom stereocenters. The minimum absolute atomic E-state index is 0.0833. The number of hydrogen-bond donors (Lipinski definition) is 1. The largest absolute Gasteiger partial charge is 0.464 e. The zero-order chi connectivity index (χ0) is 20.6. The van der Waals surface area contributed by atoms with Gasteiger partial charge in [0, 0.05) is 6.42 Å². The third-order valence-corrected chi connectivity index (χ3v) is 4.28. The highest BCUT2D eigenvalue weighted by molar-refractivity contribution is 5.88. The molecule has 2 aromatic carbocycles. The van der Waals surface area contributed by atoms with E-state index >= 15 is 0 Å². The van der Waals surface area contributed by atoms with Crippen molar-refractivity contribution in [2.45, 2.75) is 26.0 Å². The number of nitrogens with one attached hydrogen (secondary N) is 1. The second kappa shape index (κ2) is 9.54. The molecular weight excluding hydrogens is 372 g/mol. The molecular formula is C22H22N2O5. The average molecular weight is 394 g/mol. The highest BCUT2D eigenvalue weighted by Gasteiger charge is 2.25. The second-order valence-electron chi connectivity index (χ2n) is 6.40. The van der Waals surface area contributed by atoms with Crippen molar-refractivity contribution >= 4 is 12.1 Å². The van der Waals surface area contributed by atoms with E-state index in [1.54, 1.807) is 6.92 Å². The standard InChI is InChI=1S/C22H22N2O5/c1-15-19(21(25)27-2)24-20(29-15)18(13-16-9-5-3-6-10-16)23-22(26)28-14-17-11-7-4-8-12-17/h3-12,18H,13-14H2,1-2H3,(H,23,26)/t18-/m0/s1. The Labute approximate surface area is 168 Å². The van der Waals surface area contributed by atoms with Gasteiger partial charge in [0.2, 0.25) is 5.89 Å². The summed E-state index contributed by atoms with van der Waals surface area (Å²) in [6.07, 6.45) is -0.188. The lowest BCUT2D eigenvalue weighted by Crippen LogP contribution is -2.30. The monoisotopic (exact) mass is 394 g/mol. The number of benzene rings is 2. The Morgan fingerprint density at radius 1 is 1.03 bits per heavy atom. The van der Waals surface area contributed by atoms with Crippen molar-refractivity contribution in [1.82, 2.24) is 10.3 Å². The maximum Gasteiger partial charge on any atom is 0.408 e. The molecule has 0 spiro atoms. The van der Waals surface area contributed by atoms with Crippen LogP contribution in [0.25, 0.3) is 0 Å². The van der Waals surface area contributed by atoms with E-state index in [9.17, 15) is 9.59 Å². The molecule has 3 rings (SSSR count). The van der Waals surface area contributed by atoms with Crippen LogP contribution in [-0.2, 0) is 22.5 Å². The first-order valence-corrected chi connectivity index (χ1v) is 9.13. The Hall–Kier alpha value is -3.61. The second-order valence-corrected chi connectivity index (χ2v) is 6.40. The molecule has 1 heterocycles. The number of carbonyl (C=O) groups excluding carboxylic acids is 2. The maximum atomic E-state index is 12.4. The average Bonchev–Trinajstić information content (AvgIpc) is 3.14. The minimum atomic E-state index is -0.613. The summed E-state index contributed by atoms with van der Waals surface area (Å²) in [4.78, 5) is 28.5. The van der Waals surface area contributed by atoms with E-state index < -0.39 is 18.1 Å². The molecule has 0 aliphatic heterocycles.